The van der Waals surface area contributed by atoms with Gasteiger partial charge in [-0.3, -0.25) is 0 Å². The van der Waals surface area contributed by atoms with E-state index in [2.05, 4.69) is 134 Å². The molecule has 1 aliphatic heterocycles. The Bertz CT molecular complexity index is 2000. The number of aryl methyl sites for hydroxylation is 3. The first-order valence-corrected chi connectivity index (χ1v) is 16.6. The van der Waals surface area contributed by atoms with Crippen LogP contribution in [-0.4, -0.2) is 16.7 Å². The summed E-state index contributed by atoms with van der Waals surface area (Å²) in [6.07, 6.45) is 18.7. The van der Waals surface area contributed by atoms with Gasteiger partial charge >= 0.3 is 0 Å². The van der Waals surface area contributed by atoms with Gasteiger partial charge in [-0.2, -0.15) is 0 Å². The van der Waals surface area contributed by atoms with Gasteiger partial charge in [0.1, 0.15) is 0 Å². The van der Waals surface area contributed by atoms with Crippen molar-refractivity contribution in [2.45, 2.75) is 71.4 Å². The summed E-state index contributed by atoms with van der Waals surface area (Å²) < 4.78 is 2.53. The molecule has 9 rings (SSSR count). The van der Waals surface area contributed by atoms with Crippen molar-refractivity contribution in [3.05, 3.63) is 141 Å². The van der Waals surface area contributed by atoms with Crippen molar-refractivity contribution >= 4 is 28.2 Å². The van der Waals surface area contributed by atoms with Crippen molar-refractivity contribution in [3.8, 4) is 5.69 Å². The van der Waals surface area contributed by atoms with Gasteiger partial charge in [-0.1, -0.05) is 79.6 Å². The van der Waals surface area contributed by atoms with E-state index in [9.17, 15) is 0 Å². The Morgan fingerprint density at radius 2 is 1.52 bits per heavy atom. The Morgan fingerprint density at radius 1 is 0.773 bits per heavy atom. The van der Waals surface area contributed by atoms with E-state index in [0.29, 0.717) is 23.9 Å². The molecule has 2 heterocycles. The van der Waals surface area contributed by atoms with E-state index in [1.165, 1.54) is 61.4 Å². The summed E-state index contributed by atoms with van der Waals surface area (Å²) >= 11 is 0. The number of nitrogens with zero attached hydrogens (tertiary/aromatic N) is 2. The summed E-state index contributed by atoms with van der Waals surface area (Å²) in [6.45, 7) is 9.30. The minimum Gasteiger partial charge on any atom is -0.357 e. The molecule has 3 aromatic carbocycles. The van der Waals surface area contributed by atoms with Crippen LogP contribution in [0.1, 0.15) is 72.5 Å². The largest absolute Gasteiger partial charge is 0.357 e. The Kier molecular flexibility index (Phi) is 5.70. The molecular formula is C42H40N2. The normalized spacial score (nSPS) is 24.9. The number of benzene rings is 3. The van der Waals surface area contributed by atoms with Gasteiger partial charge in [-0.05, 0) is 133 Å². The topological polar surface area (TPSA) is 8.17 Å². The zero-order valence-corrected chi connectivity index (χ0v) is 26.3. The average Bonchev–Trinajstić information content (AvgIpc) is 3.55. The highest BCUT2D eigenvalue weighted by molar-refractivity contribution is 5.96. The van der Waals surface area contributed by atoms with Crippen LogP contribution < -0.4 is 4.90 Å². The molecule has 4 aliphatic carbocycles. The number of fused-ring (bicyclic) bond motifs is 8. The smallest absolute Gasteiger partial charge is 0.0593 e. The molecule has 0 saturated carbocycles. The van der Waals surface area contributed by atoms with Crippen LogP contribution in [0.2, 0.25) is 0 Å². The fraction of sp³-hybridized carbons (Fsp3) is 0.286. The highest BCUT2D eigenvalue weighted by Crippen LogP contribution is 2.54. The average molecular weight is 573 g/mol. The quantitative estimate of drug-likeness (QED) is 0.232. The fourth-order valence-electron chi connectivity index (χ4n) is 8.87. The first-order valence-electron chi connectivity index (χ1n) is 16.6. The number of hydrogen-bond donors (Lipinski definition) is 0. The van der Waals surface area contributed by atoms with Crippen molar-refractivity contribution in [2.24, 2.45) is 5.92 Å². The number of allylic oxidation sites excluding steroid dienone is 5. The SMILES string of the molecule is Cc1ccc(N2C3CC=CC=C3C3=CC4=C(CC32)c2cc3c(cc2C(C)C4C)c2c(n3-c3ccc(C)cc3)C=CCC2)cc1. The van der Waals surface area contributed by atoms with Crippen LogP contribution in [0.5, 0.6) is 0 Å². The lowest BCUT2D eigenvalue weighted by Crippen LogP contribution is -2.38. The van der Waals surface area contributed by atoms with Crippen LogP contribution in [0.15, 0.2) is 108 Å². The van der Waals surface area contributed by atoms with Gasteiger partial charge in [-0.15, -0.1) is 0 Å². The standard InChI is InChI=1S/C42H40N2/c1-25-13-17-29(18-14-25)43-39-11-7-5-9-31(39)37-21-33-27(3)28(4)34-22-38-32-10-6-8-12-40(32)44(30-19-15-26(2)16-20-30)42(38)24-36(34)35(33)23-41(37)43/h5,7-9,12-22,24,27-28,39,41H,6,10-11,23H2,1-4H3. The molecule has 5 aliphatic rings. The summed E-state index contributed by atoms with van der Waals surface area (Å²) in [5, 5.41) is 1.45. The van der Waals surface area contributed by atoms with Crippen LogP contribution in [0.3, 0.4) is 0 Å². The van der Waals surface area contributed by atoms with Gasteiger partial charge in [0, 0.05) is 22.5 Å². The van der Waals surface area contributed by atoms with E-state index in [4.69, 9.17) is 0 Å². The lowest BCUT2D eigenvalue weighted by molar-refractivity contribution is 0.552. The van der Waals surface area contributed by atoms with Crippen LogP contribution in [0.25, 0.3) is 28.2 Å². The molecule has 0 N–H and O–H groups in total. The molecule has 0 bridgehead atoms. The summed E-state index contributed by atoms with van der Waals surface area (Å²) in [4.78, 5) is 2.74. The lowest BCUT2D eigenvalue weighted by atomic mass is 9.68. The molecule has 1 fully saturated rings. The van der Waals surface area contributed by atoms with E-state index in [0.717, 1.165) is 25.7 Å². The predicted octanol–water partition coefficient (Wildman–Crippen LogP) is 10.2. The Labute approximate surface area is 261 Å². The van der Waals surface area contributed by atoms with Gasteiger partial charge in [-0.25, -0.2) is 0 Å². The number of hydrogen-bond acceptors (Lipinski definition) is 1. The maximum absolute atomic E-state index is 2.74. The molecule has 218 valence electrons. The van der Waals surface area contributed by atoms with Gasteiger partial charge in [0.05, 0.1) is 17.6 Å². The Hall–Kier alpha value is -4.30. The summed E-state index contributed by atoms with van der Waals surface area (Å²) in [7, 11) is 0. The molecule has 2 nitrogen and oxygen atoms in total. The molecule has 0 spiro atoms. The second-order valence-electron chi connectivity index (χ2n) is 13.8. The van der Waals surface area contributed by atoms with Crippen molar-refractivity contribution < 1.29 is 0 Å². The molecular weight excluding hydrogens is 532 g/mol. The first-order chi connectivity index (χ1) is 21.5. The molecule has 44 heavy (non-hydrogen) atoms. The zero-order chi connectivity index (χ0) is 29.7. The van der Waals surface area contributed by atoms with Gasteiger partial charge in [0.25, 0.3) is 0 Å². The van der Waals surface area contributed by atoms with Crippen molar-refractivity contribution in [1.82, 2.24) is 4.57 Å². The molecule has 4 atom stereocenters. The van der Waals surface area contributed by atoms with Crippen LogP contribution in [-0.2, 0) is 6.42 Å². The minimum absolute atomic E-state index is 0.358. The monoisotopic (exact) mass is 572 g/mol. The summed E-state index contributed by atoms with van der Waals surface area (Å²) in [5.74, 6) is 0.967. The van der Waals surface area contributed by atoms with Crippen molar-refractivity contribution in [3.63, 3.8) is 0 Å². The third kappa shape index (κ3) is 3.67. The first kappa shape index (κ1) is 26.1. The van der Waals surface area contributed by atoms with E-state index in [1.54, 1.807) is 16.7 Å². The van der Waals surface area contributed by atoms with Crippen LogP contribution in [0.4, 0.5) is 5.69 Å². The molecule has 0 amide bonds. The van der Waals surface area contributed by atoms with E-state index in [1.807, 2.05) is 0 Å². The maximum atomic E-state index is 2.74. The Balaban J connectivity index is 1.26. The molecule has 2 heteroatoms. The van der Waals surface area contributed by atoms with Crippen LogP contribution in [0, 0.1) is 19.8 Å². The zero-order valence-electron chi connectivity index (χ0n) is 26.3. The number of rotatable bonds is 2. The van der Waals surface area contributed by atoms with Gasteiger partial charge in [0.15, 0.2) is 0 Å². The third-order valence-corrected chi connectivity index (χ3v) is 11.4. The highest BCUT2D eigenvalue weighted by atomic mass is 15.2. The summed E-state index contributed by atoms with van der Waals surface area (Å²) in [6, 6.07) is 24.3. The van der Waals surface area contributed by atoms with Crippen LogP contribution >= 0.6 is 0 Å². The van der Waals surface area contributed by atoms with E-state index in [-0.39, 0.29) is 0 Å². The predicted molar refractivity (Wildman–Crippen MR) is 186 cm³/mol. The third-order valence-electron chi connectivity index (χ3n) is 11.4. The molecule has 0 radical (unpaired) electrons. The van der Waals surface area contributed by atoms with Gasteiger partial charge in [0.2, 0.25) is 0 Å². The second-order valence-corrected chi connectivity index (χ2v) is 13.8. The lowest BCUT2D eigenvalue weighted by Gasteiger charge is -2.39. The molecule has 4 aromatic rings. The summed E-state index contributed by atoms with van der Waals surface area (Å²) in [5.41, 5.74) is 18.7. The minimum atomic E-state index is 0.358. The van der Waals surface area contributed by atoms with Crippen molar-refractivity contribution in [2.75, 3.05) is 4.90 Å². The van der Waals surface area contributed by atoms with E-state index < -0.39 is 0 Å². The molecule has 1 aromatic heterocycles. The Morgan fingerprint density at radius 3 is 2.30 bits per heavy atom. The maximum Gasteiger partial charge on any atom is 0.0593 e. The van der Waals surface area contributed by atoms with E-state index >= 15 is 0 Å². The molecule has 1 saturated heterocycles. The van der Waals surface area contributed by atoms with Gasteiger partial charge < -0.3 is 9.47 Å². The number of aromatic nitrogens is 1. The molecule has 4 unspecified atom stereocenters. The highest BCUT2D eigenvalue weighted by Gasteiger charge is 2.45. The number of anilines is 1. The fourth-order valence-corrected chi connectivity index (χ4v) is 8.87. The van der Waals surface area contributed by atoms with Crippen molar-refractivity contribution in [1.29, 1.82) is 0 Å². The second kappa shape index (κ2) is 9.60.